The van der Waals surface area contributed by atoms with Gasteiger partial charge in [-0.2, -0.15) is 11.8 Å². The normalized spacial score (nSPS) is 23.9. The molecule has 3 amide bonds. The third-order valence-corrected chi connectivity index (χ3v) is 8.02. The highest BCUT2D eigenvalue weighted by molar-refractivity contribution is 8.00. The molecule has 1 saturated heterocycles. The Labute approximate surface area is 208 Å². The molecule has 34 heavy (non-hydrogen) atoms. The maximum atomic E-state index is 13.6. The van der Waals surface area contributed by atoms with E-state index in [0.717, 1.165) is 37.9 Å². The summed E-state index contributed by atoms with van der Waals surface area (Å²) >= 11 is 1.59. The molecule has 0 bridgehead atoms. The summed E-state index contributed by atoms with van der Waals surface area (Å²) < 4.78 is 4.67. The van der Waals surface area contributed by atoms with Crippen LogP contribution in [0.5, 0.6) is 0 Å². The second-order valence-electron chi connectivity index (χ2n) is 10.2. The zero-order valence-electron chi connectivity index (χ0n) is 21.3. The van der Waals surface area contributed by atoms with Crippen LogP contribution in [0.3, 0.4) is 0 Å². The largest absolute Gasteiger partial charge is 0.447 e. The van der Waals surface area contributed by atoms with Gasteiger partial charge in [-0.05, 0) is 77.9 Å². The fourth-order valence-corrected chi connectivity index (χ4v) is 5.93. The predicted molar refractivity (Wildman–Crippen MR) is 136 cm³/mol. The molecular formula is C24H43N5O4S. The highest BCUT2D eigenvalue weighted by atomic mass is 32.2. The summed E-state index contributed by atoms with van der Waals surface area (Å²) in [6, 6.07) is -1.34. The molecule has 0 aromatic heterocycles. The fraction of sp³-hybridized carbons (Fsp3) is 0.833. The van der Waals surface area contributed by atoms with E-state index >= 15 is 0 Å². The van der Waals surface area contributed by atoms with Crippen molar-refractivity contribution in [1.29, 1.82) is 5.41 Å². The van der Waals surface area contributed by atoms with Gasteiger partial charge in [0.1, 0.15) is 12.1 Å². The first-order valence-electron chi connectivity index (χ1n) is 12.5. The van der Waals surface area contributed by atoms with Crippen LogP contribution in [0.2, 0.25) is 0 Å². The molecule has 5 N–H and O–H groups in total. The highest BCUT2D eigenvalue weighted by Gasteiger charge is 2.44. The van der Waals surface area contributed by atoms with Crippen molar-refractivity contribution in [3.8, 4) is 0 Å². The van der Waals surface area contributed by atoms with E-state index in [1.165, 1.54) is 0 Å². The smallest absolute Gasteiger partial charge is 0.408 e. The molecule has 10 heteroatoms. The van der Waals surface area contributed by atoms with Gasteiger partial charge in [-0.3, -0.25) is 15.0 Å². The number of hydrogen-bond donors (Lipinski definition) is 4. The summed E-state index contributed by atoms with van der Waals surface area (Å²) in [4.78, 5) is 40.7. The molecule has 1 heterocycles. The van der Waals surface area contributed by atoms with Gasteiger partial charge < -0.3 is 26.0 Å². The second kappa shape index (κ2) is 12.7. The van der Waals surface area contributed by atoms with Crippen LogP contribution in [-0.2, 0) is 14.3 Å². The first-order chi connectivity index (χ1) is 16.0. The molecule has 2 fully saturated rings. The number of carbonyl (C=O) groups excluding carboxylic acids is 3. The Bertz CT molecular complexity index is 737. The van der Waals surface area contributed by atoms with Crippen LogP contribution in [0.1, 0.15) is 73.1 Å². The minimum absolute atomic E-state index is 0.135. The van der Waals surface area contributed by atoms with Crippen molar-refractivity contribution in [2.75, 3.05) is 18.8 Å². The molecule has 2 aliphatic rings. The van der Waals surface area contributed by atoms with Crippen LogP contribution in [-0.4, -0.2) is 70.4 Å². The number of hydrogen-bond acceptors (Lipinski definition) is 6. The van der Waals surface area contributed by atoms with Gasteiger partial charge in [-0.1, -0.05) is 6.92 Å². The average Bonchev–Trinajstić information content (AvgIpc) is 3.25. The number of amides is 3. The molecule has 1 saturated carbocycles. The molecule has 0 radical (unpaired) electrons. The van der Waals surface area contributed by atoms with Crippen LogP contribution >= 0.6 is 11.8 Å². The Hall–Kier alpha value is -1.97. The highest BCUT2D eigenvalue weighted by Crippen LogP contribution is 2.31. The van der Waals surface area contributed by atoms with Crippen molar-refractivity contribution >= 4 is 35.5 Å². The molecule has 2 atom stereocenters. The number of likely N-dealkylation sites (tertiary alicyclic amines) is 1. The van der Waals surface area contributed by atoms with Gasteiger partial charge in [0.25, 0.3) is 0 Å². The molecule has 1 aliphatic carbocycles. The summed E-state index contributed by atoms with van der Waals surface area (Å²) in [5.41, 5.74) is 5.63. The van der Waals surface area contributed by atoms with Crippen molar-refractivity contribution < 1.29 is 19.1 Å². The minimum atomic E-state index is -0.807. The molecule has 194 valence electrons. The molecular weight excluding hydrogens is 454 g/mol. The van der Waals surface area contributed by atoms with Gasteiger partial charge in [0, 0.05) is 23.8 Å². The lowest BCUT2D eigenvalue weighted by molar-refractivity contribution is -0.140. The van der Waals surface area contributed by atoms with Crippen molar-refractivity contribution in [2.45, 2.75) is 96.1 Å². The number of thioether (sulfide) groups is 1. The molecule has 9 nitrogen and oxygen atoms in total. The number of nitrogens with zero attached hydrogens (tertiary/aromatic N) is 1. The van der Waals surface area contributed by atoms with E-state index in [1.807, 2.05) is 20.8 Å². The number of nitrogens with two attached hydrogens (primary N) is 1. The Morgan fingerprint density at radius 3 is 2.38 bits per heavy atom. The van der Waals surface area contributed by atoms with E-state index in [-0.39, 0.29) is 29.7 Å². The minimum Gasteiger partial charge on any atom is -0.447 e. The predicted octanol–water partition coefficient (Wildman–Crippen LogP) is 2.87. The third kappa shape index (κ3) is 7.78. The zero-order chi connectivity index (χ0) is 25.5. The number of ether oxygens (including phenoxy) is 1. The van der Waals surface area contributed by atoms with Crippen LogP contribution in [0.15, 0.2) is 0 Å². The van der Waals surface area contributed by atoms with Gasteiger partial charge in [-0.15, -0.1) is 0 Å². The monoisotopic (exact) mass is 497 g/mol. The summed E-state index contributed by atoms with van der Waals surface area (Å²) in [5, 5.41) is 13.4. The Kier molecular flexibility index (Phi) is 10.5. The van der Waals surface area contributed by atoms with Gasteiger partial charge in [0.05, 0.1) is 11.9 Å². The van der Waals surface area contributed by atoms with Crippen molar-refractivity contribution in [3.05, 3.63) is 0 Å². The van der Waals surface area contributed by atoms with E-state index in [4.69, 9.17) is 15.9 Å². The zero-order valence-corrected chi connectivity index (χ0v) is 22.1. The maximum Gasteiger partial charge on any atom is 0.408 e. The van der Waals surface area contributed by atoms with Gasteiger partial charge in [0.15, 0.2) is 0 Å². The van der Waals surface area contributed by atoms with Crippen molar-refractivity contribution in [3.63, 3.8) is 0 Å². The maximum absolute atomic E-state index is 13.6. The Morgan fingerprint density at radius 1 is 1.18 bits per heavy atom. The topological polar surface area (TPSA) is 138 Å². The third-order valence-electron chi connectivity index (χ3n) is 6.75. The van der Waals surface area contributed by atoms with Crippen molar-refractivity contribution in [1.82, 2.24) is 15.5 Å². The van der Waals surface area contributed by atoms with Crippen LogP contribution in [0.4, 0.5) is 4.79 Å². The van der Waals surface area contributed by atoms with E-state index < -0.39 is 22.9 Å². The molecule has 0 aromatic carbocycles. The van der Waals surface area contributed by atoms with Gasteiger partial charge in [0.2, 0.25) is 11.8 Å². The Balaban J connectivity index is 2.03. The van der Waals surface area contributed by atoms with E-state index in [1.54, 1.807) is 30.5 Å². The SMILES string of the molecule is CCSC(C)(C)[C@@H](NC(=O)OC(C)C)C(=O)N1CCC[C@H]1C(=O)NC[C@H]1CC[C@H](C(=N)N)CC1. The molecule has 1 aliphatic heterocycles. The molecule has 2 rings (SSSR count). The summed E-state index contributed by atoms with van der Waals surface area (Å²) in [6.45, 7) is 10.5. The van der Waals surface area contributed by atoms with Gasteiger partial charge >= 0.3 is 6.09 Å². The summed E-state index contributed by atoms with van der Waals surface area (Å²) in [5.74, 6) is 1.19. The van der Waals surface area contributed by atoms with E-state index in [9.17, 15) is 14.4 Å². The van der Waals surface area contributed by atoms with E-state index in [0.29, 0.717) is 25.4 Å². The van der Waals surface area contributed by atoms with Gasteiger partial charge in [-0.25, -0.2) is 4.79 Å². The number of alkyl carbamates (subject to hydrolysis) is 1. The first kappa shape index (κ1) is 28.3. The quantitative estimate of drug-likeness (QED) is 0.270. The lowest BCUT2D eigenvalue weighted by atomic mass is 9.81. The second-order valence-corrected chi connectivity index (χ2v) is 12.1. The molecule has 0 aromatic rings. The lowest BCUT2D eigenvalue weighted by Gasteiger charge is -2.37. The molecule has 0 spiro atoms. The summed E-state index contributed by atoms with van der Waals surface area (Å²) in [7, 11) is 0. The number of rotatable bonds is 10. The van der Waals surface area contributed by atoms with E-state index in [2.05, 4.69) is 10.6 Å². The van der Waals surface area contributed by atoms with Crippen LogP contribution in [0.25, 0.3) is 0 Å². The fourth-order valence-electron chi connectivity index (χ4n) is 4.86. The standard InChI is InChI=1S/C24H43N5O4S/c1-6-34-24(4,5)19(28-23(32)33-15(2)3)22(31)29-13-7-8-18(29)21(30)27-14-16-9-11-17(12-10-16)20(25)26/h15-19H,6-14H2,1-5H3,(H3,25,26)(H,27,30)(H,28,32)/t16-,17-,18-,19-/m0/s1. The number of nitrogens with one attached hydrogen (secondary N) is 3. The average molecular weight is 498 g/mol. The first-order valence-corrected chi connectivity index (χ1v) is 13.5. The molecule has 0 unspecified atom stereocenters. The van der Waals surface area contributed by atoms with Crippen LogP contribution < -0.4 is 16.4 Å². The summed E-state index contributed by atoms with van der Waals surface area (Å²) in [6.07, 6.45) is 4.07. The Morgan fingerprint density at radius 2 is 1.82 bits per heavy atom. The number of carbonyl (C=O) groups is 3. The van der Waals surface area contributed by atoms with Crippen molar-refractivity contribution in [2.24, 2.45) is 17.6 Å². The number of amidine groups is 1. The lowest BCUT2D eigenvalue weighted by Crippen LogP contribution is -2.60. The van der Waals surface area contributed by atoms with Crippen LogP contribution in [0, 0.1) is 17.2 Å².